The van der Waals surface area contributed by atoms with Crippen molar-refractivity contribution >= 4 is 33.6 Å². The van der Waals surface area contributed by atoms with Crippen molar-refractivity contribution in [1.29, 1.82) is 0 Å². The monoisotopic (exact) mass is 439 g/mol. The van der Waals surface area contributed by atoms with Gasteiger partial charge in [0.2, 0.25) is 15.9 Å². The van der Waals surface area contributed by atoms with Gasteiger partial charge in [-0.25, -0.2) is 17.9 Å². The van der Waals surface area contributed by atoms with Gasteiger partial charge in [0, 0.05) is 30.2 Å². The normalized spacial score (nSPS) is 29.0. The van der Waals surface area contributed by atoms with Gasteiger partial charge in [-0.1, -0.05) is 23.7 Å². The van der Waals surface area contributed by atoms with Crippen molar-refractivity contribution in [3.8, 4) is 0 Å². The highest BCUT2D eigenvalue weighted by Crippen LogP contribution is 2.40. The molecular weight excluding hydrogens is 414 g/mol. The van der Waals surface area contributed by atoms with Crippen LogP contribution in [0, 0.1) is 5.92 Å². The van der Waals surface area contributed by atoms with E-state index in [1.807, 2.05) is 19.1 Å². The molecule has 3 unspecified atom stereocenters. The van der Waals surface area contributed by atoms with Gasteiger partial charge in [0.1, 0.15) is 0 Å². The van der Waals surface area contributed by atoms with E-state index in [1.165, 1.54) is 7.05 Å². The second-order valence-corrected chi connectivity index (χ2v) is 11.1. The minimum Gasteiger partial charge on any atom is -0.316 e. The summed E-state index contributed by atoms with van der Waals surface area (Å²) in [5.41, 5.74) is 0.585. The summed E-state index contributed by atoms with van der Waals surface area (Å²) in [7, 11) is -2.03. The Labute approximate surface area is 176 Å². The summed E-state index contributed by atoms with van der Waals surface area (Å²) < 4.78 is 28.5. The maximum absolute atomic E-state index is 12.8. The van der Waals surface area contributed by atoms with Crippen LogP contribution in [0.3, 0.4) is 0 Å². The molecule has 1 aromatic carbocycles. The molecule has 1 aliphatic heterocycles. The lowest BCUT2D eigenvalue weighted by molar-refractivity contribution is -0.139. The summed E-state index contributed by atoms with van der Waals surface area (Å²) in [6.07, 6.45) is 2.86. The number of urea groups is 1. The van der Waals surface area contributed by atoms with Gasteiger partial charge in [-0.05, 0) is 56.7 Å². The van der Waals surface area contributed by atoms with E-state index in [2.05, 4.69) is 4.72 Å². The lowest BCUT2D eigenvalue weighted by atomic mass is 9.80. The fourth-order valence-electron chi connectivity index (χ4n) is 4.40. The van der Waals surface area contributed by atoms with Crippen LogP contribution in [0.15, 0.2) is 24.3 Å². The van der Waals surface area contributed by atoms with Crippen molar-refractivity contribution in [2.24, 2.45) is 5.92 Å². The first kappa shape index (κ1) is 20.6. The Kier molecular flexibility index (Phi) is 5.16. The number of fused-ring (bicyclic) bond motifs is 1. The number of sulfonamides is 1. The van der Waals surface area contributed by atoms with Crippen molar-refractivity contribution in [2.45, 2.75) is 62.4 Å². The predicted molar refractivity (Wildman–Crippen MR) is 110 cm³/mol. The molecule has 0 spiro atoms. The summed E-state index contributed by atoms with van der Waals surface area (Å²) in [4.78, 5) is 28.5. The van der Waals surface area contributed by atoms with E-state index in [0.717, 1.165) is 23.3 Å². The molecule has 1 N–H and O–H groups in total. The molecule has 1 heterocycles. The third kappa shape index (κ3) is 4.02. The van der Waals surface area contributed by atoms with Crippen LogP contribution in [0.4, 0.5) is 4.79 Å². The molecule has 2 saturated carbocycles. The lowest BCUT2D eigenvalue weighted by Gasteiger charge is -2.47. The summed E-state index contributed by atoms with van der Waals surface area (Å²) in [5.74, 6) is -0.794. The highest BCUT2D eigenvalue weighted by atomic mass is 35.5. The Morgan fingerprint density at radius 2 is 1.83 bits per heavy atom. The lowest BCUT2D eigenvalue weighted by Crippen LogP contribution is -2.62. The number of hydrogen-bond acceptors (Lipinski definition) is 4. The minimum atomic E-state index is -3.50. The van der Waals surface area contributed by atoms with Gasteiger partial charge in [-0.3, -0.25) is 9.69 Å². The highest BCUT2D eigenvalue weighted by molar-refractivity contribution is 7.90. The van der Waals surface area contributed by atoms with Gasteiger partial charge < -0.3 is 4.90 Å². The number of benzene rings is 1. The number of halogens is 1. The van der Waals surface area contributed by atoms with Crippen molar-refractivity contribution in [1.82, 2.24) is 14.5 Å². The molecule has 0 aromatic heterocycles. The quantitative estimate of drug-likeness (QED) is 0.764. The fraction of sp³-hybridized carbons (Fsp3) is 0.600. The first-order chi connectivity index (χ1) is 13.6. The molecule has 2 aliphatic carbocycles. The number of carbonyl (C=O) groups excluding carboxylic acids is 2. The zero-order chi connectivity index (χ0) is 21.0. The van der Waals surface area contributed by atoms with Crippen molar-refractivity contribution in [3.05, 3.63) is 34.9 Å². The van der Waals surface area contributed by atoms with Crippen LogP contribution in [0.1, 0.15) is 44.6 Å². The van der Waals surface area contributed by atoms with Crippen LogP contribution in [0.25, 0.3) is 0 Å². The van der Waals surface area contributed by atoms with Gasteiger partial charge in [0.05, 0.1) is 11.2 Å². The average molecular weight is 440 g/mol. The van der Waals surface area contributed by atoms with E-state index in [0.29, 0.717) is 24.4 Å². The van der Waals surface area contributed by atoms with E-state index in [1.54, 1.807) is 17.0 Å². The van der Waals surface area contributed by atoms with Crippen LogP contribution in [0.5, 0.6) is 0 Å². The maximum atomic E-state index is 12.8. The van der Waals surface area contributed by atoms with Crippen LogP contribution in [-0.4, -0.2) is 54.0 Å². The molecular formula is C20H26ClN3O4S. The molecule has 3 amide bonds. The van der Waals surface area contributed by atoms with Gasteiger partial charge in [0.25, 0.3) is 0 Å². The largest absolute Gasteiger partial charge is 0.327 e. The standard InChI is InChI=1S/C20H26ClN3O4S/c1-20(9-10-20)22-29(27,28)15-7-8-17-16(11-15)18(25)23(2)19(26)24(17)12-13-3-5-14(21)6-4-13/h3-6,15-17,22H,7-12H2,1-2H3. The molecule has 1 aromatic rings. The third-order valence-corrected chi connectivity index (χ3v) is 8.78. The van der Waals surface area contributed by atoms with Gasteiger partial charge >= 0.3 is 6.03 Å². The SMILES string of the molecule is CN1C(=O)C2CC(S(=O)(=O)NC3(C)CC3)CCC2N(Cc2ccc(Cl)cc2)C1=O. The Hall–Kier alpha value is -1.64. The van der Waals surface area contributed by atoms with E-state index in [9.17, 15) is 18.0 Å². The highest BCUT2D eigenvalue weighted by Gasteiger charge is 2.51. The molecule has 4 rings (SSSR count). The number of amides is 3. The molecule has 29 heavy (non-hydrogen) atoms. The summed E-state index contributed by atoms with van der Waals surface area (Å²) >= 11 is 5.95. The van der Waals surface area contributed by atoms with Crippen LogP contribution in [-0.2, 0) is 21.4 Å². The molecule has 9 heteroatoms. The van der Waals surface area contributed by atoms with Crippen molar-refractivity contribution < 1.29 is 18.0 Å². The zero-order valence-electron chi connectivity index (χ0n) is 16.6. The average Bonchev–Trinajstić information content (AvgIpc) is 3.40. The number of rotatable bonds is 5. The molecule has 0 bridgehead atoms. The molecule has 7 nitrogen and oxygen atoms in total. The first-order valence-electron chi connectivity index (χ1n) is 9.95. The minimum absolute atomic E-state index is 0.240. The number of nitrogens with zero attached hydrogens (tertiary/aromatic N) is 2. The van der Waals surface area contributed by atoms with Crippen LogP contribution >= 0.6 is 11.6 Å². The summed E-state index contributed by atoms with van der Waals surface area (Å²) in [6.45, 7) is 2.27. The van der Waals surface area contributed by atoms with Crippen LogP contribution < -0.4 is 4.72 Å². The summed E-state index contributed by atoms with van der Waals surface area (Å²) in [5, 5.41) is 0.00979. The third-order valence-electron chi connectivity index (χ3n) is 6.44. The Morgan fingerprint density at radius 3 is 2.45 bits per heavy atom. The molecule has 3 aliphatic rings. The second kappa shape index (κ2) is 7.25. The smallest absolute Gasteiger partial charge is 0.316 e. The molecule has 158 valence electrons. The Morgan fingerprint density at radius 1 is 1.17 bits per heavy atom. The molecule has 3 atom stereocenters. The molecule has 1 saturated heterocycles. The van der Waals surface area contributed by atoms with E-state index in [-0.39, 0.29) is 29.9 Å². The first-order valence-corrected chi connectivity index (χ1v) is 11.9. The van der Waals surface area contributed by atoms with Crippen molar-refractivity contribution in [3.63, 3.8) is 0 Å². The number of imide groups is 1. The molecule has 0 radical (unpaired) electrons. The maximum Gasteiger partial charge on any atom is 0.327 e. The van der Waals surface area contributed by atoms with Gasteiger partial charge in [0.15, 0.2) is 0 Å². The number of carbonyl (C=O) groups is 2. The van der Waals surface area contributed by atoms with Crippen LogP contribution in [0.2, 0.25) is 5.02 Å². The molecule has 3 fully saturated rings. The van der Waals surface area contributed by atoms with E-state index in [4.69, 9.17) is 11.6 Å². The summed E-state index contributed by atoms with van der Waals surface area (Å²) in [6, 6.07) is 6.63. The Bertz CT molecular complexity index is 930. The van der Waals surface area contributed by atoms with Crippen molar-refractivity contribution in [2.75, 3.05) is 7.05 Å². The van der Waals surface area contributed by atoms with Gasteiger partial charge in [-0.15, -0.1) is 0 Å². The van der Waals surface area contributed by atoms with Gasteiger partial charge in [-0.2, -0.15) is 0 Å². The zero-order valence-corrected chi connectivity index (χ0v) is 18.2. The number of hydrogen-bond donors (Lipinski definition) is 1. The Balaban J connectivity index is 1.54. The number of nitrogens with one attached hydrogen (secondary N) is 1. The van der Waals surface area contributed by atoms with E-state index >= 15 is 0 Å². The predicted octanol–water partition coefficient (Wildman–Crippen LogP) is 2.74. The van der Waals surface area contributed by atoms with E-state index < -0.39 is 21.2 Å². The fourth-order valence-corrected chi connectivity index (χ4v) is 6.49. The second-order valence-electron chi connectivity index (χ2n) is 8.75. The topological polar surface area (TPSA) is 86.8 Å².